The zero-order valence-electron chi connectivity index (χ0n) is 10.5. The van der Waals surface area contributed by atoms with Gasteiger partial charge in [-0.25, -0.2) is 0 Å². The van der Waals surface area contributed by atoms with E-state index in [9.17, 15) is 0 Å². The lowest BCUT2D eigenvalue weighted by molar-refractivity contribution is 0.341. The Kier molecular flexibility index (Phi) is 3.50. The molecule has 0 aliphatic carbocycles. The number of rotatable bonds is 3. The summed E-state index contributed by atoms with van der Waals surface area (Å²) >= 11 is 6.19. The minimum atomic E-state index is -0.123. The molecule has 17 heavy (non-hydrogen) atoms. The predicted molar refractivity (Wildman–Crippen MR) is 69.1 cm³/mol. The van der Waals surface area contributed by atoms with Gasteiger partial charge in [-0.05, 0) is 38.4 Å². The van der Waals surface area contributed by atoms with Gasteiger partial charge in [0.1, 0.15) is 11.5 Å². The molecule has 0 bridgehead atoms. The van der Waals surface area contributed by atoms with Crippen molar-refractivity contribution in [2.75, 3.05) is 20.8 Å². The highest BCUT2D eigenvalue weighted by molar-refractivity contribution is 6.32. The Morgan fingerprint density at radius 3 is 2.59 bits per heavy atom. The minimum Gasteiger partial charge on any atom is -0.496 e. The molecule has 0 radical (unpaired) electrons. The van der Waals surface area contributed by atoms with Crippen LogP contribution in [0.4, 0.5) is 0 Å². The summed E-state index contributed by atoms with van der Waals surface area (Å²) < 4.78 is 10.9. The van der Waals surface area contributed by atoms with E-state index in [1.807, 2.05) is 6.07 Å². The van der Waals surface area contributed by atoms with E-state index in [0.29, 0.717) is 10.8 Å². The second-order valence-corrected chi connectivity index (χ2v) is 4.93. The smallest absolute Gasteiger partial charge is 0.146 e. The van der Waals surface area contributed by atoms with E-state index in [1.54, 1.807) is 20.3 Å². The molecule has 1 aliphatic rings. The fraction of sp³-hybridized carbons (Fsp3) is 0.538. The fourth-order valence-electron chi connectivity index (χ4n) is 2.54. The van der Waals surface area contributed by atoms with Crippen LogP contribution in [0.3, 0.4) is 0 Å². The Hall–Kier alpha value is -0.930. The molecule has 0 saturated carbocycles. The number of benzene rings is 1. The minimum absolute atomic E-state index is 0.123. The van der Waals surface area contributed by atoms with Crippen LogP contribution in [0.1, 0.15) is 25.3 Å². The van der Waals surface area contributed by atoms with Crippen molar-refractivity contribution < 1.29 is 9.47 Å². The van der Waals surface area contributed by atoms with Gasteiger partial charge in [0.2, 0.25) is 0 Å². The topological polar surface area (TPSA) is 30.5 Å². The van der Waals surface area contributed by atoms with E-state index in [1.165, 1.54) is 0 Å². The summed E-state index contributed by atoms with van der Waals surface area (Å²) in [6.07, 6.45) is 2.20. The Bertz CT molecular complexity index is 414. The summed E-state index contributed by atoms with van der Waals surface area (Å²) in [6.45, 7) is 3.17. The molecule has 1 aromatic rings. The summed E-state index contributed by atoms with van der Waals surface area (Å²) in [6, 6.07) is 3.70. The molecular weight excluding hydrogens is 238 g/mol. The van der Waals surface area contributed by atoms with Crippen LogP contribution >= 0.6 is 11.6 Å². The monoisotopic (exact) mass is 255 g/mol. The molecule has 0 amide bonds. The van der Waals surface area contributed by atoms with E-state index >= 15 is 0 Å². The average molecular weight is 256 g/mol. The normalized spacial score (nSPS) is 23.8. The number of hydrogen-bond acceptors (Lipinski definition) is 3. The van der Waals surface area contributed by atoms with Crippen LogP contribution < -0.4 is 14.8 Å². The molecule has 1 atom stereocenters. The van der Waals surface area contributed by atoms with E-state index in [-0.39, 0.29) is 5.54 Å². The van der Waals surface area contributed by atoms with E-state index in [2.05, 4.69) is 12.2 Å². The maximum absolute atomic E-state index is 6.19. The Labute approximate surface area is 107 Å². The van der Waals surface area contributed by atoms with Crippen LogP contribution in [-0.4, -0.2) is 20.8 Å². The first kappa shape index (κ1) is 12.5. The lowest BCUT2D eigenvalue weighted by Crippen LogP contribution is -2.34. The Balaban J connectivity index is 2.59. The van der Waals surface area contributed by atoms with Crippen molar-refractivity contribution in [2.45, 2.75) is 25.3 Å². The first-order valence-corrected chi connectivity index (χ1v) is 6.16. The number of hydrogen-bond donors (Lipinski definition) is 1. The summed E-state index contributed by atoms with van der Waals surface area (Å²) in [7, 11) is 3.31. The van der Waals surface area contributed by atoms with Crippen LogP contribution in [0.25, 0.3) is 0 Å². The van der Waals surface area contributed by atoms with Gasteiger partial charge in [0.05, 0.1) is 24.8 Å². The molecule has 0 spiro atoms. The first-order valence-electron chi connectivity index (χ1n) is 5.78. The standard InChI is InChI=1S/C13H18ClNO2/c1-13(7-4-8-15-13)11-10(16-2)6-5-9(14)12(11)17-3/h5-6,15H,4,7-8H2,1-3H3. The molecule has 1 aliphatic heterocycles. The van der Waals surface area contributed by atoms with Crippen molar-refractivity contribution >= 4 is 11.6 Å². The van der Waals surface area contributed by atoms with Gasteiger partial charge in [-0.3, -0.25) is 0 Å². The highest BCUT2D eigenvalue weighted by Crippen LogP contribution is 2.45. The van der Waals surface area contributed by atoms with Crippen LogP contribution in [-0.2, 0) is 5.54 Å². The third-order valence-corrected chi connectivity index (χ3v) is 3.71. The molecule has 0 aromatic heterocycles. The van der Waals surface area contributed by atoms with Crippen molar-refractivity contribution in [1.29, 1.82) is 0 Å². The quantitative estimate of drug-likeness (QED) is 0.901. The van der Waals surface area contributed by atoms with Gasteiger partial charge in [0.15, 0.2) is 0 Å². The van der Waals surface area contributed by atoms with Gasteiger partial charge in [-0.2, -0.15) is 0 Å². The molecule has 4 heteroatoms. The lowest BCUT2D eigenvalue weighted by Gasteiger charge is -2.29. The Morgan fingerprint density at radius 1 is 1.29 bits per heavy atom. The molecule has 1 aromatic carbocycles. The van der Waals surface area contributed by atoms with E-state index in [4.69, 9.17) is 21.1 Å². The van der Waals surface area contributed by atoms with Crippen LogP contribution in [0.15, 0.2) is 12.1 Å². The van der Waals surface area contributed by atoms with Crippen molar-refractivity contribution in [2.24, 2.45) is 0 Å². The molecule has 94 valence electrons. The molecule has 1 saturated heterocycles. The molecule has 1 fully saturated rings. The molecule has 3 nitrogen and oxygen atoms in total. The molecule has 1 N–H and O–H groups in total. The highest BCUT2D eigenvalue weighted by Gasteiger charge is 2.36. The summed E-state index contributed by atoms with van der Waals surface area (Å²) in [5, 5.41) is 4.13. The Morgan fingerprint density at radius 2 is 2.06 bits per heavy atom. The maximum atomic E-state index is 6.19. The number of methoxy groups -OCH3 is 2. The summed E-state index contributed by atoms with van der Waals surface area (Å²) in [4.78, 5) is 0. The molecule has 2 rings (SSSR count). The predicted octanol–water partition coefficient (Wildman–Crippen LogP) is 2.96. The van der Waals surface area contributed by atoms with Crippen molar-refractivity contribution in [3.63, 3.8) is 0 Å². The second-order valence-electron chi connectivity index (χ2n) is 4.52. The summed E-state index contributed by atoms with van der Waals surface area (Å²) in [5.74, 6) is 1.53. The zero-order valence-corrected chi connectivity index (χ0v) is 11.2. The maximum Gasteiger partial charge on any atom is 0.146 e. The van der Waals surface area contributed by atoms with Gasteiger partial charge in [0, 0.05) is 5.54 Å². The largest absolute Gasteiger partial charge is 0.496 e. The number of halogens is 1. The number of ether oxygens (including phenoxy) is 2. The van der Waals surface area contributed by atoms with Gasteiger partial charge >= 0.3 is 0 Å². The molecular formula is C13H18ClNO2. The lowest BCUT2D eigenvalue weighted by atomic mass is 9.89. The third kappa shape index (κ3) is 2.09. The zero-order chi connectivity index (χ0) is 12.5. The van der Waals surface area contributed by atoms with Gasteiger partial charge in [-0.1, -0.05) is 11.6 Å². The van der Waals surface area contributed by atoms with Crippen molar-refractivity contribution in [3.05, 3.63) is 22.7 Å². The van der Waals surface area contributed by atoms with Crippen LogP contribution in [0, 0.1) is 0 Å². The van der Waals surface area contributed by atoms with Crippen LogP contribution in [0.2, 0.25) is 5.02 Å². The van der Waals surface area contributed by atoms with Gasteiger partial charge in [-0.15, -0.1) is 0 Å². The van der Waals surface area contributed by atoms with Crippen molar-refractivity contribution in [3.8, 4) is 11.5 Å². The van der Waals surface area contributed by atoms with E-state index < -0.39 is 0 Å². The fourth-order valence-corrected chi connectivity index (χ4v) is 2.77. The van der Waals surface area contributed by atoms with Crippen molar-refractivity contribution in [1.82, 2.24) is 5.32 Å². The SMILES string of the molecule is COc1ccc(Cl)c(OC)c1C1(C)CCCN1. The van der Waals surface area contributed by atoms with Gasteiger partial charge in [0.25, 0.3) is 0 Å². The number of nitrogens with one attached hydrogen (secondary N) is 1. The summed E-state index contributed by atoms with van der Waals surface area (Å²) in [5.41, 5.74) is 0.897. The van der Waals surface area contributed by atoms with Gasteiger partial charge < -0.3 is 14.8 Å². The molecule has 1 heterocycles. The van der Waals surface area contributed by atoms with Crippen LogP contribution in [0.5, 0.6) is 11.5 Å². The molecule has 1 unspecified atom stereocenters. The average Bonchev–Trinajstić information content (AvgIpc) is 2.76. The second kappa shape index (κ2) is 4.75. The first-order chi connectivity index (χ1) is 8.12. The van der Waals surface area contributed by atoms with E-state index in [0.717, 1.165) is 30.7 Å². The third-order valence-electron chi connectivity index (χ3n) is 3.42. The highest BCUT2D eigenvalue weighted by atomic mass is 35.5.